The van der Waals surface area contributed by atoms with Crippen LogP contribution in [0.15, 0.2) is 23.9 Å². The lowest BCUT2D eigenvalue weighted by molar-refractivity contribution is -0.125. The van der Waals surface area contributed by atoms with Gasteiger partial charge in [-0.25, -0.2) is 0 Å². The van der Waals surface area contributed by atoms with Gasteiger partial charge in [0.25, 0.3) is 0 Å². The van der Waals surface area contributed by atoms with Crippen molar-refractivity contribution in [2.75, 3.05) is 26.8 Å². The number of carbonyl (C=O) groups is 1. The number of carbonyl (C=O) groups excluding carboxylic acids is 1. The molecule has 4 rings (SSSR count). The smallest absolute Gasteiger partial charge is 0.182 e. The van der Waals surface area contributed by atoms with Crippen LogP contribution in [-0.4, -0.2) is 37.5 Å². The van der Waals surface area contributed by atoms with Crippen LogP contribution in [0.5, 0.6) is 11.5 Å². The second-order valence-electron chi connectivity index (χ2n) is 7.43. The minimum absolute atomic E-state index is 0.212. The van der Waals surface area contributed by atoms with Crippen LogP contribution in [0.1, 0.15) is 51.5 Å². The molecule has 3 saturated heterocycles. The van der Waals surface area contributed by atoms with Gasteiger partial charge in [0.2, 0.25) is 0 Å². The third-order valence-electron chi connectivity index (χ3n) is 5.72. The number of hydrogen-bond acceptors (Lipinski definition) is 4. The first-order chi connectivity index (χ1) is 12.7. The van der Waals surface area contributed by atoms with E-state index in [4.69, 9.17) is 9.47 Å². The van der Waals surface area contributed by atoms with Crippen LogP contribution in [0.3, 0.4) is 0 Å². The van der Waals surface area contributed by atoms with Crippen molar-refractivity contribution in [2.45, 2.75) is 46.0 Å². The van der Waals surface area contributed by atoms with Gasteiger partial charge in [-0.3, -0.25) is 4.79 Å². The first kappa shape index (κ1) is 18.8. The van der Waals surface area contributed by atoms with E-state index in [1.165, 1.54) is 12.8 Å². The summed E-state index contributed by atoms with van der Waals surface area (Å²) in [5.74, 6) is 2.68. The van der Waals surface area contributed by atoms with Gasteiger partial charge in [0.15, 0.2) is 5.78 Å². The number of ketones is 1. The number of benzene rings is 1. The average molecular weight is 357 g/mol. The van der Waals surface area contributed by atoms with Crippen molar-refractivity contribution in [3.8, 4) is 11.5 Å². The van der Waals surface area contributed by atoms with Crippen LogP contribution in [-0.2, 0) is 4.79 Å². The molecule has 1 aromatic carbocycles. The number of Topliss-reactive ketones (excluding diaryl/α,β-unsaturated/α-hetero) is 1. The summed E-state index contributed by atoms with van der Waals surface area (Å²) in [6.07, 6.45) is 7.49. The summed E-state index contributed by atoms with van der Waals surface area (Å²) in [6.45, 7) is 7.14. The van der Waals surface area contributed by atoms with E-state index in [-0.39, 0.29) is 11.7 Å². The SMILES string of the molecule is CCCC(CC)COc1ccc(/C=C2/C(=O)C3CCN2CC3)c(OC)c1. The summed E-state index contributed by atoms with van der Waals surface area (Å²) in [4.78, 5) is 14.8. The standard InChI is InChI=1S/C22H31NO3/c1-4-6-16(5-2)15-26-19-8-7-18(21(14-19)25-3)13-20-22(24)17-9-11-23(20)12-10-17/h7-8,13-14,16-17H,4-6,9-12,15H2,1-3H3/b20-13-. The highest BCUT2D eigenvalue weighted by molar-refractivity contribution is 6.02. The largest absolute Gasteiger partial charge is 0.496 e. The molecule has 0 radical (unpaired) electrons. The predicted molar refractivity (Wildman–Crippen MR) is 104 cm³/mol. The van der Waals surface area contributed by atoms with Gasteiger partial charge >= 0.3 is 0 Å². The Morgan fingerprint density at radius 1 is 1.27 bits per heavy atom. The normalized spacial score (nSPS) is 19.9. The molecule has 142 valence electrons. The molecule has 2 bridgehead atoms. The summed E-state index contributed by atoms with van der Waals surface area (Å²) in [5, 5.41) is 0. The van der Waals surface area contributed by atoms with E-state index in [1.54, 1.807) is 7.11 Å². The zero-order valence-corrected chi connectivity index (χ0v) is 16.3. The predicted octanol–water partition coefficient (Wildman–Crippen LogP) is 4.54. The van der Waals surface area contributed by atoms with Crippen molar-refractivity contribution in [2.24, 2.45) is 11.8 Å². The summed E-state index contributed by atoms with van der Waals surface area (Å²) >= 11 is 0. The van der Waals surface area contributed by atoms with Crippen molar-refractivity contribution >= 4 is 11.9 Å². The Morgan fingerprint density at radius 2 is 2.04 bits per heavy atom. The van der Waals surface area contributed by atoms with E-state index >= 15 is 0 Å². The van der Waals surface area contributed by atoms with E-state index in [2.05, 4.69) is 18.7 Å². The summed E-state index contributed by atoms with van der Waals surface area (Å²) in [5.41, 5.74) is 1.78. The molecule has 0 N–H and O–H groups in total. The molecule has 1 aromatic rings. The van der Waals surface area contributed by atoms with Crippen molar-refractivity contribution < 1.29 is 14.3 Å². The van der Waals surface area contributed by atoms with E-state index in [9.17, 15) is 4.79 Å². The van der Waals surface area contributed by atoms with Gasteiger partial charge in [0.1, 0.15) is 11.5 Å². The van der Waals surface area contributed by atoms with E-state index in [0.717, 1.165) is 61.7 Å². The minimum atomic E-state index is 0.212. The molecular formula is C22H31NO3. The molecule has 3 heterocycles. The topological polar surface area (TPSA) is 38.8 Å². The fraction of sp³-hybridized carbons (Fsp3) is 0.591. The Morgan fingerprint density at radius 3 is 2.65 bits per heavy atom. The number of allylic oxidation sites excluding steroid dienone is 1. The second kappa shape index (κ2) is 8.61. The zero-order valence-electron chi connectivity index (χ0n) is 16.3. The Balaban J connectivity index is 1.75. The molecule has 0 saturated carbocycles. The molecule has 3 aliphatic heterocycles. The number of ether oxygens (including phenoxy) is 2. The van der Waals surface area contributed by atoms with E-state index in [0.29, 0.717) is 5.92 Å². The van der Waals surface area contributed by atoms with E-state index < -0.39 is 0 Å². The molecule has 0 spiro atoms. The van der Waals surface area contributed by atoms with Crippen LogP contribution in [0.2, 0.25) is 0 Å². The molecule has 26 heavy (non-hydrogen) atoms. The highest BCUT2D eigenvalue weighted by Gasteiger charge is 2.36. The Labute approximate surface area is 157 Å². The molecule has 3 fully saturated rings. The Kier molecular flexibility index (Phi) is 6.23. The van der Waals surface area contributed by atoms with Crippen molar-refractivity contribution in [1.29, 1.82) is 0 Å². The quantitative estimate of drug-likeness (QED) is 0.641. The third kappa shape index (κ3) is 4.05. The number of fused-ring (bicyclic) bond motifs is 3. The maximum Gasteiger partial charge on any atom is 0.182 e. The van der Waals surface area contributed by atoms with E-state index in [1.807, 2.05) is 24.3 Å². The van der Waals surface area contributed by atoms with Gasteiger partial charge in [0.05, 0.1) is 19.4 Å². The number of rotatable bonds is 8. The Bertz CT molecular complexity index is 659. The fourth-order valence-corrected chi connectivity index (χ4v) is 3.99. The van der Waals surface area contributed by atoms with Gasteiger partial charge in [0, 0.05) is 30.6 Å². The second-order valence-corrected chi connectivity index (χ2v) is 7.43. The van der Waals surface area contributed by atoms with Gasteiger partial charge in [-0.15, -0.1) is 0 Å². The van der Waals surface area contributed by atoms with Gasteiger partial charge < -0.3 is 14.4 Å². The highest BCUT2D eigenvalue weighted by atomic mass is 16.5. The fourth-order valence-electron chi connectivity index (χ4n) is 3.99. The number of methoxy groups -OCH3 is 1. The first-order valence-corrected chi connectivity index (χ1v) is 9.97. The molecule has 3 aliphatic rings. The minimum Gasteiger partial charge on any atom is -0.496 e. The van der Waals surface area contributed by atoms with Crippen LogP contribution in [0.25, 0.3) is 6.08 Å². The van der Waals surface area contributed by atoms with Crippen molar-refractivity contribution in [3.63, 3.8) is 0 Å². The van der Waals surface area contributed by atoms with Crippen LogP contribution >= 0.6 is 0 Å². The van der Waals surface area contributed by atoms with Crippen LogP contribution in [0.4, 0.5) is 0 Å². The van der Waals surface area contributed by atoms with Crippen LogP contribution in [0, 0.1) is 11.8 Å². The van der Waals surface area contributed by atoms with Crippen LogP contribution < -0.4 is 9.47 Å². The monoisotopic (exact) mass is 357 g/mol. The lowest BCUT2D eigenvalue weighted by Crippen LogP contribution is -2.45. The van der Waals surface area contributed by atoms with Gasteiger partial charge in [-0.1, -0.05) is 26.7 Å². The third-order valence-corrected chi connectivity index (χ3v) is 5.72. The molecule has 1 unspecified atom stereocenters. The lowest BCUT2D eigenvalue weighted by Gasteiger charge is -2.41. The molecule has 4 nitrogen and oxygen atoms in total. The highest BCUT2D eigenvalue weighted by Crippen LogP contribution is 2.34. The molecule has 4 heteroatoms. The van der Waals surface area contributed by atoms with Gasteiger partial charge in [-0.05, 0) is 43.4 Å². The molecular weight excluding hydrogens is 326 g/mol. The molecule has 0 aromatic heterocycles. The Hall–Kier alpha value is -1.97. The maximum atomic E-state index is 12.6. The summed E-state index contributed by atoms with van der Waals surface area (Å²) in [7, 11) is 1.67. The first-order valence-electron chi connectivity index (χ1n) is 9.97. The lowest BCUT2D eigenvalue weighted by atomic mass is 9.84. The van der Waals surface area contributed by atoms with Gasteiger partial charge in [-0.2, -0.15) is 0 Å². The molecule has 1 atom stereocenters. The molecule has 0 amide bonds. The van der Waals surface area contributed by atoms with Crippen molar-refractivity contribution in [3.05, 3.63) is 29.5 Å². The molecule has 0 aliphatic carbocycles. The number of nitrogens with zero attached hydrogens (tertiary/aromatic N) is 1. The van der Waals surface area contributed by atoms with Crippen molar-refractivity contribution in [1.82, 2.24) is 4.90 Å². The summed E-state index contributed by atoms with van der Waals surface area (Å²) < 4.78 is 11.6. The zero-order chi connectivity index (χ0) is 18.5. The number of piperidine rings is 3. The maximum absolute atomic E-state index is 12.6. The summed E-state index contributed by atoms with van der Waals surface area (Å²) in [6, 6.07) is 5.92. The number of hydrogen-bond donors (Lipinski definition) is 0. The average Bonchev–Trinajstić information content (AvgIpc) is 2.68.